The minimum absolute atomic E-state index is 0.0305. The monoisotopic (exact) mass is 386 g/mol. The zero-order chi connectivity index (χ0) is 20.2. The molecule has 0 spiro atoms. The lowest BCUT2D eigenvalue weighted by molar-refractivity contribution is -0.126. The number of carbonyl (C=O) groups is 2. The number of amides is 2. The predicted octanol–water partition coefficient (Wildman–Crippen LogP) is 4.32. The molecule has 1 fully saturated rings. The first-order valence-electron chi connectivity index (χ1n) is 10.2. The molecule has 3 aromatic carbocycles. The molecule has 0 aliphatic carbocycles. The predicted molar refractivity (Wildman–Crippen MR) is 116 cm³/mol. The molecule has 0 bridgehead atoms. The van der Waals surface area contributed by atoms with Crippen molar-refractivity contribution in [1.82, 2.24) is 10.2 Å². The summed E-state index contributed by atoms with van der Waals surface area (Å²) in [6.45, 7) is 3.83. The third kappa shape index (κ3) is 4.32. The first-order valence-corrected chi connectivity index (χ1v) is 10.2. The highest BCUT2D eigenvalue weighted by molar-refractivity contribution is 6.07. The van der Waals surface area contributed by atoms with E-state index in [4.69, 9.17) is 0 Å². The summed E-state index contributed by atoms with van der Waals surface area (Å²) in [5.74, 6) is 0.111. The van der Waals surface area contributed by atoms with Crippen molar-refractivity contribution in [2.45, 2.75) is 26.3 Å². The van der Waals surface area contributed by atoms with Gasteiger partial charge in [-0.15, -0.1) is 0 Å². The van der Waals surface area contributed by atoms with Crippen LogP contribution in [0.5, 0.6) is 0 Å². The molecule has 0 radical (unpaired) electrons. The van der Waals surface area contributed by atoms with Crippen LogP contribution in [0.15, 0.2) is 66.7 Å². The molecular formula is C25H26N2O2. The van der Waals surface area contributed by atoms with Crippen molar-refractivity contribution in [3.63, 3.8) is 0 Å². The summed E-state index contributed by atoms with van der Waals surface area (Å²) in [6.07, 6.45) is 1.41. The third-order valence-electron chi connectivity index (χ3n) is 5.76. The highest BCUT2D eigenvalue weighted by atomic mass is 16.2. The van der Waals surface area contributed by atoms with Crippen LogP contribution in [0.25, 0.3) is 10.8 Å². The number of hydrogen-bond acceptors (Lipinski definition) is 2. The molecule has 148 valence electrons. The van der Waals surface area contributed by atoms with E-state index in [0.717, 1.165) is 21.9 Å². The van der Waals surface area contributed by atoms with Crippen molar-refractivity contribution < 1.29 is 9.59 Å². The molecule has 4 heteroatoms. The van der Waals surface area contributed by atoms with Gasteiger partial charge in [-0.05, 0) is 42.2 Å². The van der Waals surface area contributed by atoms with Crippen LogP contribution in [-0.4, -0.2) is 29.8 Å². The van der Waals surface area contributed by atoms with Crippen LogP contribution < -0.4 is 5.32 Å². The van der Waals surface area contributed by atoms with E-state index in [0.29, 0.717) is 32.5 Å². The summed E-state index contributed by atoms with van der Waals surface area (Å²) < 4.78 is 0. The van der Waals surface area contributed by atoms with E-state index < -0.39 is 0 Å². The van der Waals surface area contributed by atoms with Gasteiger partial charge in [-0.25, -0.2) is 0 Å². The maximum atomic E-state index is 13.1. The van der Waals surface area contributed by atoms with Gasteiger partial charge in [-0.2, -0.15) is 0 Å². The number of hydrogen-bond donors (Lipinski definition) is 1. The summed E-state index contributed by atoms with van der Waals surface area (Å²) in [6, 6.07) is 22.0. The van der Waals surface area contributed by atoms with Gasteiger partial charge in [-0.3, -0.25) is 9.59 Å². The van der Waals surface area contributed by atoms with Gasteiger partial charge < -0.3 is 10.2 Å². The second-order valence-corrected chi connectivity index (χ2v) is 7.80. The van der Waals surface area contributed by atoms with Gasteiger partial charge in [0.1, 0.15) is 0 Å². The summed E-state index contributed by atoms with van der Waals surface area (Å²) >= 11 is 0. The second-order valence-electron chi connectivity index (χ2n) is 7.80. The van der Waals surface area contributed by atoms with E-state index in [1.165, 1.54) is 5.56 Å². The van der Waals surface area contributed by atoms with Crippen molar-refractivity contribution >= 4 is 22.6 Å². The molecule has 1 heterocycles. The quantitative estimate of drug-likeness (QED) is 0.726. The Bertz CT molecular complexity index is 1010. The zero-order valence-corrected chi connectivity index (χ0v) is 16.7. The number of piperidine rings is 1. The lowest BCUT2D eigenvalue weighted by Gasteiger charge is -2.31. The first-order chi connectivity index (χ1) is 14.1. The standard InChI is InChI=1S/C25H26N2O2/c1-18-9-11-19(12-10-18)17-26-24(28)21-13-15-27(16-14-21)25(29)23-8-4-6-20-5-2-3-7-22(20)23/h2-12,21H,13-17H2,1H3,(H,26,28). The molecule has 1 N–H and O–H groups in total. The van der Waals surface area contributed by atoms with Gasteiger partial charge in [0.2, 0.25) is 5.91 Å². The van der Waals surface area contributed by atoms with Crippen molar-refractivity contribution in [3.05, 3.63) is 83.4 Å². The fourth-order valence-corrected chi connectivity index (χ4v) is 3.97. The molecular weight excluding hydrogens is 360 g/mol. The Morgan fingerprint density at radius 3 is 2.38 bits per heavy atom. The largest absolute Gasteiger partial charge is 0.352 e. The first kappa shape index (κ1) is 19.2. The fourth-order valence-electron chi connectivity index (χ4n) is 3.97. The fraction of sp³-hybridized carbons (Fsp3) is 0.280. The van der Waals surface area contributed by atoms with Gasteiger partial charge >= 0.3 is 0 Å². The van der Waals surface area contributed by atoms with Gasteiger partial charge in [-0.1, -0.05) is 66.2 Å². The van der Waals surface area contributed by atoms with E-state index in [2.05, 4.69) is 24.4 Å². The number of carbonyl (C=O) groups excluding carboxylic acids is 2. The Kier molecular flexibility index (Phi) is 5.61. The molecule has 29 heavy (non-hydrogen) atoms. The lowest BCUT2D eigenvalue weighted by Crippen LogP contribution is -2.43. The van der Waals surface area contributed by atoms with Crippen LogP contribution in [0, 0.1) is 12.8 Å². The maximum absolute atomic E-state index is 13.1. The number of aryl methyl sites for hydroxylation is 1. The van der Waals surface area contributed by atoms with Crippen molar-refractivity contribution in [2.75, 3.05) is 13.1 Å². The third-order valence-corrected chi connectivity index (χ3v) is 5.76. The van der Waals surface area contributed by atoms with Crippen LogP contribution >= 0.6 is 0 Å². The number of fused-ring (bicyclic) bond motifs is 1. The molecule has 0 unspecified atom stereocenters. The molecule has 3 aromatic rings. The highest BCUT2D eigenvalue weighted by Crippen LogP contribution is 2.23. The van der Waals surface area contributed by atoms with Crippen molar-refractivity contribution in [3.8, 4) is 0 Å². The Labute approximate surface area is 171 Å². The summed E-state index contributed by atoms with van der Waals surface area (Å²) in [4.78, 5) is 27.5. The summed E-state index contributed by atoms with van der Waals surface area (Å²) in [5, 5.41) is 5.10. The van der Waals surface area contributed by atoms with E-state index in [9.17, 15) is 9.59 Å². The molecule has 0 aromatic heterocycles. The number of benzene rings is 3. The molecule has 1 aliphatic heterocycles. The topological polar surface area (TPSA) is 49.4 Å². The number of likely N-dealkylation sites (tertiary alicyclic amines) is 1. The second kappa shape index (κ2) is 8.48. The Balaban J connectivity index is 1.34. The lowest BCUT2D eigenvalue weighted by atomic mass is 9.94. The Morgan fingerprint density at radius 1 is 0.931 bits per heavy atom. The smallest absolute Gasteiger partial charge is 0.254 e. The van der Waals surface area contributed by atoms with Crippen LogP contribution in [0.2, 0.25) is 0 Å². The van der Waals surface area contributed by atoms with Crippen LogP contribution in [0.4, 0.5) is 0 Å². The minimum Gasteiger partial charge on any atom is -0.352 e. The van der Waals surface area contributed by atoms with Crippen LogP contribution in [0.3, 0.4) is 0 Å². The molecule has 1 saturated heterocycles. The average Bonchev–Trinajstić information content (AvgIpc) is 2.78. The van der Waals surface area contributed by atoms with Crippen molar-refractivity contribution in [1.29, 1.82) is 0 Å². The van der Waals surface area contributed by atoms with E-state index >= 15 is 0 Å². The van der Waals surface area contributed by atoms with E-state index in [1.807, 2.05) is 59.5 Å². The summed E-state index contributed by atoms with van der Waals surface area (Å²) in [7, 11) is 0. The Hall–Kier alpha value is -3.14. The zero-order valence-electron chi connectivity index (χ0n) is 16.7. The van der Waals surface area contributed by atoms with Crippen LogP contribution in [0.1, 0.15) is 34.3 Å². The van der Waals surface area contributed by atoms with Gasteiger partial charge in [0.05, 0.1) is 0 Å². The SMILES string of the molecule is Cc1ccc(CNC(=O)C2CCN(C(=O)c3cccc4ccccc34)CC2)cc1. The molecule has 2 amide bonds. The van der Waals surface area contributed by atoms with Crippen LogP contribution in [-0.2, 0) is 11.3 Å². The van der Waals surface area contributed by atoms with Crippen molar-refractivity contribution in [2.24, 2.45) is 5.92 Å². The number of nitrogens with one attached hydrogen (secondary N) is 1. The normalized spacial score (nSPS) is 14.7. The van der Waals surface area contributed by atoms with Gasteiger partial charge in [0.25, 0.3) is 5.91 Å². The minimum atomic E-state index is -0.0305. The molecule has 1 aliphatic rings. The van der Waals surface area contributed by atoms with E-state index in [-0.39, 0.29) is 17.7 Å². The summed E-state index contributed by atoms with van der Waals surface area (Å²) in [5.41, 5.74) is 3.06. The molecule has 0 atom stereocenters. The highest BCUT2D eigenvalue weighted by Gasteiger charge is 2.28. The van der Waals surface area contributed by atoms with E-state index in [1.54, 1.807) is 0 Å². The maximum Gasteiger partial charge on any atom is 0.254 e. The number of rotatable bonds is 4. The molecule has 4 rings (SSSR count). The van der Waals surface area contributed by atoms with Gasteiger partial charge in [0, 0.05) is 31.1 Å². The van der Waals surface area contributed by atoms with Gasteiger partial charge in [0.15, 0.2) is 0 Å². The number of nitrogens with zero attached hydrogens (tertiary/aromatic N) is 1. The average molecular weight is 386 g/mol. The molecule has 4 nitrogen and oxygen atoms in total. The molecule has 0 saturated carbocycles. The Morgan fingerprint density at radius 2 is 1.62 bits per heavy atom.